The molecule has 2 aromatic rings. The molecule has 3 rings (SSSR count). The highest BCUT2D eigenvalue weighted by atomic mass is 16.3. The molecular weight excluding hydrogens is 248 g/mol. The number of hydrogen-bond acceptors (Lipinski definition) is 3. The Bertz CT molecular complexity index is 571. The fourth-order valence-electron chi connectivity index (χ4n) is 2.93. The molecule has 1 aliphatic rings. The van der Waals surface area contributed by atoms with E-state index in [1.54, 1.807) is 0 Å². The highest BCUT2D eigenvalue weighted by Crippen LogP contribution is 2.32. The zero-order valence-electron chi connectivity index (χ0n) is 12.3. The van der Waals surface area contributed by atoms with Gasteiger partial charge < -0.3 is 10.2 Å². The Labute approximate surface area is 120 Å². The standard InChI is InChI=1S/C17H24N2O/c1-2-9-19(11-13-7-8-13)12-15-14-5-3-4-6-16(14)20-17(15)10-18/h3-6,13H,2,7-12,18H2,1H3. The number of fused-ring (bicyclic) bond motifs is 1. The molecule has 20 heavy (non-hydrogen) atoms. The van der Waals surface area contributed by atoms with Crippen molar-refractivity contribution >= 4 is 11.0 Å². The number of nitrogens with two attached hydrogens (primary N) is 1. The zero-order valence-corrected chi connectivity index (χ0v) is 12.3. The van der Waals surface area contributed by atoms with Crippen LogP contribution in [0.3, 0.4) is 0 Å². The molecule has 0 saturated heterocycles. The summed E-state index contributed by atoms with van der Waals surface area (Å²) in [5, 5.41) is 1.23. The van der Waals surface area contributed by atoms with E-state index in [1.165, 1.54) is 36.8 Å². The molecular formula is C17H24N2O. The van der Waals surface area contributed by atoms with Crippen LogP contribution in [0.25, 0.3) is 11.0 Å². The smallest absolute Gasteiger partial charge is 0.134 e. The maximum atomic E-state index is 5.90. The Hall–Kier alpha value is -1.32. The van der Waals surface area contributed by atoms with Crippen molar-refractivity contribution in [3.63, 3.8) is 0 Å². The second-order valence-electron chi connectivity index (χ2n) is 5.88. The molecule has 108 valence electrons. The molecule has 3 heteroatoms. The molecule has 2 N–H and O–H groups in total. The predicted molar refractivity (Wildman–Crippen MR) is 82.4 cm³/mol. The van der Waals surface area contributed by atoms with E-state index in [0.717, 1.165) is 30.4 Å². The molecule has 0 amide bonds. The molecule has 0 spiro atoms. The maximum absolute atomic E-state index is 5.90. The van der Waals surface area contributed by atoms with Crippen molar-refractivity contribution in [2.24, 2.45) is 11.7 Å². The third-order valence-corrected chi connectivity index (χ3v) is 4.10. The number of para-hydroxylation sites is 1. The predicted octanol–water partition coefficient (Wildman–Crippen LogP) is 3.51. The zero-order chi connectivity index (χ0) is 13.9. The van der Waals surface area contributed by atoms with Gasteiger partial charge in [-0.15, -0.1) is 0 Å². The third kappa shape index (κ3) is 2.89. The summed E-state index contributed by atoms with van der Waals surface area (Å²) in [4.78, 5) is 2.56. The molecule has 1 heterocycles. The molecule has 0 bridgehead atoms. The van der Waals surface area contributed by atoms with E-state index in [2.05, 4.69) is 24.0 Å². The normalized spacial score (nSPS) is 15.3. The van der Waals surface area contributed by atoms with Gasteiger partial charge in [-0.2, -0.15) is 0 Å². The second-order valence-corrected chi connectivity index (χ2v) is 5.88. The SMILES string of the molecule is CCCN(Cc1c(CN)oc2ccccc12)CC1CC1. The van der Waals surface area contributed by atoms with E-state index in [9.17, 15) is 0 Å². The van der Waals surface area contributed by atoms with Crippen LogP contribution >= 0.6 is 0 Å². The summed E-state index contributed by atoms with van der Waals surface area (Å²) in [6, 6.07) is 8.27. The molecule has 0 aliphatic heterocycles. The Kier molecular flexibility index (Phi) is 4.08. The number of rotatable bonds is 7. The monoisotopic (exact) mass is 272 g/mol. The first kappa shape index (κ1) is 13.7. The van der Waals surface area contributed by atoms with Crippen LogP contribution in [0, 0.1) is 5.92 Å². The van der Waals surface area contributed by atoms with Gasteiger partial charge in [0.15, 0.2) is 0 Å². The van der Waals surface area contributed by atoms with Gasteiger partial charge in [0.1, 0.15) is 11.3 Å². The highest BCUT2D eigenvalue weighted by Gasteiger charge is 2.25. The van der Waals surface area contributed by atoms with Crippen LogP contribution in [-0.2, 0) is 13.1 Å². The van der Waals surface area contributed by atoms with E-state index < -0.39 is 0 Å². The average molecular weight is 272 g/mol. The van der Waals surface area contributed by atoms with Crippen LogP contribution < -0.4 is 5.73 Å². The van der Waals surface area contributed by atoms with Gasteiger partial charge in [-0.05, 0) is 37.8 Å². The van der Waals surface area contributed by atoms with Crippen LogP contribution in [0.1, 0.15) is 37.5 Å². The van der Waals surface area contributed by atoms with E-state index in [4.69, 9.17) is 10.2 Å². The summed E-state index contributed by atoms with van der Waals surface area (Å²) in [5.74, 6) is 1.86. The van der Waals surface area contributed by atoms with Crippen molar-refractivity contribution in [2.45, 2.75) is 39.3 Å². The summed E-state index contributed by atoms with van der Waals surface area (Å²) in [6.07, 6.45) is 3.99. The minimum absolute atomic E-state index is 0.480. The summed E-state index contributed by atoms with van der Waals surface area (Å²) < 4.78 is 5.90. The lowest BCUT2D eigenvalue weighted by atomic mass is 10.1. The lowest BCUT2D eigenvalue weighted by Crippen LogP contribution is -2.27. The fourth-order valence-corrected chi connectivity index (χ4v) is 2.93. The Balaban J connectivity index is 1.86. The number of hydrogen-bond donors (Lipinski definition) is 1. The molecule has 1 aromatic heterocycles. The maximum Gasteiger partial charge on any atom is 0.134 e. The van der Waals surface area contributed by atoms with Gasteiger partial charge in [0.05, 0.1) is 6.54 Å². The van der Waals surface area contributed by atoms with Gasteiger partial charge in [-0.3, -0.25) is 4.90 Å². The largest absolute Gasteiger partial charge is 0.459 e. The first-order valence-corrected chi connectivity index (χ1v) is 7.73. The minimum Gasteiger partial charge on any atom is -0.459 e. The molecule has 3 nitrogen and oxygen atoms in total. The molecule has 1 fully saturated rings. The van der Waals surface area contributed by atoms with Crippen molar-refractivity contribution in [2.75, 3.05) is 13.1 Å². The summed E-state index contributed by atoms with van der Waals surface area (Å²) in [5.41, 5.74) is 8.12. The van der Waals surface area contributed by atoms with Crippen molar-refractivity contribution < 1.29 is 4.42 Å². The van der Waals surface area contributed by atoms with Crippen LogP contribution in [0.5, 0.6) is 0 Å². The van der Waals surface area contributed by atoms with E-state index >= 15 is 0 Å². The van der Waals surface area contributed by atoms with Crippen LogP contribution in [0.15, 0.2) is 28.7 Å². The summed E-state index contributed by atoms with van der Waals surface area (Å²) >= 11 is 0. The van der Waals surface area contributed by atoms with E-state index in [0.29, 0.717) is 6.54 Å². The topological polar surface area (TPSA) is 42.4 Å². The molecule has 1 aliphatic carbocycles. The van der Waals surface area contributed by atoms with Crippen LogP contribution in [-0.4, -0.2) is 18.0 Å². The summed E-state index contributed by atoms with van der Waals surface area (Å²) in [7, 11) is 0. The van der Waals surface area contributed by atoms with Gasteiger partial charge in [0.25, 0.3) is 0 Å². The quantitative estimate of drug-likeness (QED) is 0.838. The molecule has 0 atom stereocenters. The Morgan fingerprint density at radius 2 is 2.10 bits per heavy atom. The fraction of sp³-hybridized carbons (Fsp3) is 0.529. The van der Waals surface area contributed by atoms with Gasteiger partial charge in [0, 0.05) is 24.0 Å². The first-order chi connectivity index (χ1) is 9.81. The molecule has 1 saturated carbocycles. The van der Waals surface area contributed by atoms with Gasteiger partial charge in [-0.1, -0.05) is 25.1 Å². The third-order valence-electron chi connectivity index (χ3n) is 4.10. The van der Waals surface area contributed by atoms with Crippen molar-refractivity contribution in [1.82, 2.24) is 4.90 Å². The number of nitrogens with zero attached hydrogens (tertiary/aromatic N) is 1. The summed E-state index contributed by atoms with van der Waals surface area (Å²) in [6.45, 7) is 6.07. The Morgan fingerprint density at radius 1 is 1.30 bits per heavy atom. The lowest BCUT2D eigenvalue weighted by molar-refractivity contribution is 0.254. The number of furan rings is 1. The van der Waals surface area contributed by atoms with Crippen molar-refractivity contribution in [3.8, 4) is 0 Å². The van der Waals surface area contributed by atoms with Gasteiger partial charge >= 0.3 is 0 Å². The van der Waals surface area contributed by atoms with Gasteiger partial charge in [-0.25, -0.2) is 0 Å². The minimum atomic E-state index is 0.480. The molecule has 1 aromatic carbocycles. The van der Waals surface area contributed by atoms with E-state index in [-0.39, 0.29) is 0 Å². The van der Waals surface area contributed by atoms with Crippen molar-refractivity contribution in [1.29, 1.82) is 0 Å². The van der Waals surface area contributed by atoms with E-state index in [1.807, 2.05) is 12.1 Å². The van der Waals surface area contributed by atoms with Gasteiger partial charge in [0.2, 0.25) is 0 Å². The van der Waals surface area contributed by atoms with Crippen LogP contribution in [0.4, 0.5) is 0 Å². The molecule has 0 unspecified atom stereocenters. The second kappa shape index (κ2) is 5.98. The Morgan fingerprint density at radius 3 is 2.80 bits per heavy atom. The lowest BCUT2D eigenvalue weighted by Gasteiger charge is -2.21. The average Bonchev–Trinajstić information content (AvgIpc) is 3.20. The number of benzene rings is 1. The molecule has 0 radical (unpaired) electrons. The van der Waals surface area contributed by atoms with Crippen LogP contribution in [0.2, 0.25) is 0 Å². The first-order valence-electron chi connectivity index (χ1n) is 7.73. The highest BCUT2D eigenvalue weighted by molar-refractivity contribution is 5.82. The van der Waals surface area contributed by atoms with Crippen molar-refractivity contribution in [3.05, 3.63) is 35.6 Å².